The molecule has 1 aliphatic carbocycles. The van der Waals surface area contributed by atoms with Crippen molar-refractivity contribution >= 4 is 0 Å². The topological polar surface area (TPSA) is 43.0 Å². The fourth-order valence-corrected chi connectivity index (χ4v) is 2.25. The van der Waals surface area contributed by atoms with Crippen LogP contribution in [0.4, 0.5) is 0 Å². The van der Waals surface area contributed by atoms with Crippen molar-refractivity contribution < 1.29 is 4.42 Å². The predicted molar refractivity (Wildman–Crippen MR) is 73.9 cm³/mol. The van der Waals surface area contributed by atoms with Crippen LogP contribution in [0.3, 0.4) is 0 Å². The maximum atomic E-state index is 5.85. The number of hydrogen-bond acceptors (Lipinski definition) is 3. The minimum atomic E-state index is 0.719. The first-order valence-electron chi connectivity index (χ1n) is 7.16. The van der Waals surface area contributed by atoms with Crippen LogP contribution in [-0.2, 0) is 19.5 Å². The highest BCUT2D eigenvalue weighted by Crippen LogP contribution is 2.20. The third-order valence-corrected chi connectivity index (χ3v) is 3.46. The Bertz CT molecular complexity index is 525. The van der Waals surface area contributed by atoms with Gasteiger partial charge in [0, 0.05) is 25.0 Å². The highest BCUT2D eigenvalue weighted by Gasteiger charge is 2.20. The molecule has 102 valence electrons. The van der Waals surface area contributed by atoms with Gasteiger partial charge >= 0.3 is 0 Å². The highest BCUT2D eigenvalue weighted by molar-refractivity contribution is 5.12. The van der Waals surface area contributed by atoms with E-state index in [1.807, 2.05) is 12.4 Å². The molecule has 1 N–H and O–H groups in total. The summed E-state index contributed by atoms with van der Waals surface area (Å²) in [5.74, 6) is 3.10. The summed E-state index contributed by atoms with van der Waals surface area (Å²) in [5, 5.41) is 3.46. The quantitative estimate of drug-likeness (QED) is 0.831. The van der Waals surface area contributed by atoms with Gasteiger partial charge in [-0.25, -0.2) is 4.98 Å². The van der Waals surface area contributed by atoms with E-state index < -0.39 is 0 Å². The van der Waals surface area contributed by atoms with Crippen LogP contribution in [0.2, 0.25) is 0 Å². The lowest BCUT2D eigenvalue weighted by molar-refractivity contribution is 0.448. The van der Waals surface area contributed by atoms with Gasteiger partial charge in [0.05, 0.1) is 13.0 Å². The first-order valence-corrected chi connectivity index (χ1v) is 7.16. The van der Waals surface area contributed by atoms with E-state index in [1.165, 1.54) is 12.8 Å². The standard InChI is InChI=1S/C15H21N3O/c1-2-8-18-9-7-16-15(18)10-13-5-6-14(19-13)11-17-12-3-4-12/h5-7,9,12,17H,2-4,8,10-11H2,1H3. The Morgan fingerprint density at radius 2 is 2.21 bits per heavy atom. The summed E-state index contributed by atoms with van der Waals surface area (Å²) in [5.41, 5.74) is 0. The molecule has 0 unspecified atom stereocenters. The molecular formula is C15H21N3O. The second kappa shape index (κ2) is 5.61. The van der Waals surface area contributed by atoms with Gasteiger partial charge in [0.1, 0.15) is 17.3 Å². The predicted octanol–water partition coefficient (Wildman–Crippen LogP) is 2.73. The molecule has 3 rings (SSSR count). The van der Waals surface area contributed by atoms with Gasteiger partial charge in [-0.2, -0.15) is 0 Å². The molecule has 4 heteroatoms. The summed E-state index contributed by atoms with van der Waals surface area (Å²) in [6, 6.07) is 4.85. The Labute approximate surface area is 113 Å². The Kier molecular flexibility index (Phi) is 3.69. The van der Waals surface area contributed by atoms with Crippen molar-refractivity contribution in [3.8, 4) is 0 Å². The van der Waals surface area contributed by atoms with Crippen molar-refractivity contribution in [2.45, 2.75) is 51.7 Å². The van der Waals surface area contributed by atoms with Crippen LogP contribution in [0.15, 0.2) is 28.9 Å². The van der Waals surface area contributed by atoms with Crippen LogP contribution < -0.4 is 5.32 Å². The normalized spacial score (nSPS) is 15.0. The fraction of sp³-hybridized carbons (Fsp3) is 0.533. The van der Waals surface area contributed by atoms with E-state index >= 15 is 0 Å². The minimum absolute atomic E-state index is 0.719. The molecule has 2 aromatic rings. The van der Waals surface area contributed by atoms with Gasteiger partial charge in [-0.15, -0.1) is 0 Å². The second-order valence-corrected chi connectivity index (χ2v) is 5.24. The molecule has 0 aromatic carbocycles. The molecule has 2 aromatic heterocycles. The van der Waals surface area contributed by atoms with Crippen molar-refractivity contribution in [3.05, 3.63) is 41.9 Å². The first kappa shape index (κ1) is 12.5. The Morgan fingerprint density at radius 1 is 1.37 bits per heavy atom. The van der Waals surface area contributed by atoms with E-state index in [4.69, 9.17) is 4.42 Å². The lowest BCUT2D eigenvalue weighted by Crippen LogP contribution is -2.14. The molecule has 0 aliphatic heterocycles. The van der Waals surface area contributed by atoms with Gasteiger partial charge in [0.15, 0.2) is 0 Å². The maximum absolute atomic E-state index is 5.85. The van der Waals surface area contributed by atoms with E-state index in [0.29, 0.717) is 0 Å². The van der Waals surface area contributed by atoms with Gasteiger partial charge in [0.25, 0.3) is 0 Å². The zero-order valence-corrected chi connectivity index (χ0v) is 11.4. The molecule has 19 heavy (non-hydrogen) atoms. The molecule has 1 fully saturated rings. The monoisotopic (exact) mass is 259 g/mol. The SMILES string of the molecule is CCCn1ccnc1Cc1ccc(CNC2CC2)o1. The molecule has 0 spiro atoms. The molecular weight excluding hydrogens is 238 g/mol. The van der Waals surface area contributed by atoms with Crippen LogP contribution in [0.5, 0.6) is 0 Å². The highest BCUT2D eigenvalue weighted by atomic mass is 16.3. The summed E-state index contributed by atoms with van der Waals surface area (Å²) in [4.78, 5) is 4.41. The molecule has 1 aliphatic rings. The summed E-state index contributed by atoms with van der Waals surface area (Å²) < 4.78 is 8.05. The summed E-state index contributed by atoms with van der Waals surface area (Å²) in [6.45, 7) is 4.04. The zero-order valence-electron chi connectivity index (χ0n) is 11.4. The van der Waals surface area contributed by atoms with Crippen LogP contribution in [-0.4, -0.2) is 15.6 Å². The van der Waals surface area contributed by atoms with Gasteiger partial charge in [0.2, 0.25) is 0 Å². The van der Waals surface area contributed by atoms with Gasteiger partial charge < -0.3 is 14.3 Å². The lowest BCUT2D eigenvalue weighted by Gasteiger charge is -2.04. The number of aryl methyl sites for hydroxylation is 1. The Balaban J connectivity index is 1.60. The molecule has 0 bridgehead atoms. The molecule has 0 saturated heterocycles. The number of rotatable bonds is 7. The summed E-state index contributed by atoms with van der Waals surface area (Å²) >= 11 is 0. The van der Waals surface area contributed by atoms with Crippen LogP contribution >= 0.6 is 0 Å². The fourth-order valence-electron chi connectivity index (χ4n) is 2.25. The first-order chi connectivity index (χ1) is 9.35. The van der Waals surface area contributed by atoms with Crippen molar-refractivity contribution in [3.63, 3.8) is 0 Å². The van der Waals surface area contributed by atoms with E-state index in [0.717, 1.165) is 49.3 Å². The molecule has 0 radical (unpaired) electrons. The number of hydrogen-bond donors (Lipinski definition) is 1. The van der Waals surface area contributed by atoms with Crippen LogP contribution in [0, 0.1) is 0 Å². The number of nitrogens with one attached hydrogen (secondary N) is 1. The summed E-state index contributed by atoms with van der Waals surface area (Å²) in [7, 11) is 0. The van der Waals surface area contributed by atoms with Gasteiger partial charge in [-0.1, -0.05) is 6.92 Å². The van der Waals surface area contributed by atoms with Crippen molar-refractivity contribution in [1.29, 1.82) is 0 Å². The van der Waals surface area contributed by atoms with Crippen molar-refractivity contribution in [1.82, 2.24) is 14.9 Å². The number of furan rings is 1. The average Bonchev–Trinajstić information content (AvgIpc) is 2.98. The van der Waals surface area contributed by atoms with Gasteiger partial charge in [-0.3, -0.25) is 0 Å². The Hall–Kier alpha value is -1.55. The zero-order chi connectivity index (χ0) is 13.1. The molecule has 0 amide bonds. The Morgan fingerprint density at radius 3 is 3.00 bits per heavy atom. The number of nitrogens with zero attached hydrogens (tertiary/aromatic N) is 2. The van der Waals surface area contributed by atoms with Crippen molar-refractivity contribution in [2.75, 3.05) is 0 Å². The average molecular weight is 259 g/mol. The smallest absolute Gasteiger partial charge is 0.117 e. The molecule has 0 atom stereocenters. The third-order valence-electron chi connectivity index (χ3n) is 3.46. The number of aromatic nitrogens is 2. The minimum Gasteiger partial charge on any atom is -0.464 e. The largest absolute Gasteiger partial charge is 0.464 e. The van der Waals surface area contributed by atoms with E-state index in [-0.39, 0.29) is 0 Å². The maximum Gasteiger partial charge on any atom is 0.117 e. The second-order valence-electron chi connectivity index (χ2n) is 5.24. The van der Waals surface area contributed by atoms with Gasteiger partial charge in [-0.05, 0) is 31.4 Å². The van der Waals surface area contributed by atoms with Crippen molar-refractivity contribution in [2.24, 2.45) is 0 Å². The lowest BCUT2D eigenvalue weighted by atomic mass is 10.3. The van der Waals surface area contributed by atoms with E-state index in [9.17, 15) is 0 Å². The summed E-state index contributed by atoms with van der Waals surface area (Å²) in [6.07, 6.45) is 8.42. The van der Waals surface area contributed by atoms with Crippen LogP contribution in [0.1, 0.15) is 43.5 Å². The molecule has 2 heterocycles. The molecule has 1 saturated carbocycles. The third kappa shape index (κ3) is 3.26. The van der Waals surface area contributed by atoms with E-state index in [1.54, 1.807) is 0 Å². The van der Waals surface area contributed by atoms with E-state index in [2.05, 4.69) is 33.9 Å². The van der Waals surface area contributed by atoms with Crippen LogP contribution in [0.25, 0.3) is 0 Å². The number of imidazole rings is 1. The molecule has 4 nitrogen and oxygen atoms in total.